The highest BCUT2D eigenvalue weighted by molar-refractivity contribution is 8.06. The van der Waals surface area contributed by atoms with Crippen LogP contribution in [-0.2, 0) is 24.9 Å². The van der Waals surface area contributed by atoms with Crippen molar-refractivity contribution in [3.63, 3.8) is 0 Å². The molecule has 2 aliphatic rings. The number of hydrogen-bond acceptors (Lipinski definition) is 16. The van der Waals surface area contributed by atoms with Crippen molar-refractivity contribution >= 4 is 75.6 Å². The topological polar surface area (TPSA) is 262 Å². The molecule has 0 bridgehead atoms. The van der Waals surface area contributed by atoms with Crippen LogP contribution >= 0.6 is 46.8 Å². The van der Waals surface area contributed by atoms with Crippen molar-refractivity contribution in [1.82, 2.24) is 29.9 Å². The van der Waals surface area contributed by atoms with Gasteiger partial charge in [-0.15, -0.1) is 16.7 Å². The number of β-lactam (4-membered cyclic amide) rings is 1. The van der Waals surface area contributed by atoms with Gasteiger partial charge in [-0.05, 0) is 36.7 Å². The number of carbonyl (C=O) groups excluding carboxylic acids is 3. The summed E-state index contributed by atoms with van der Waals surface area (Å²) in [5.41, 5.74) is 17.4. The van der Waals surface area contributed by atoms with Gasteiger partial charge in [0.2, 0.25) is 11.9 Å². The Hall–Kier alpha value is -3.30. The highest BCUT2D eigenvalue weighted by Crippen LogP contribution is 2.45. The summed E-state index contributed by atoms with van der Waals surface area (Å²) < 4.78 is 3.83. The molecule has 16 nitrogen and oxygen atoms in total. The van der Waals surface area contributed by atoms with Crippen molar-refractivity contribution in [3.8, 4) is 0 Å². The molecule has 1 saturated heterocycles. The van der Waals surface area contributed by atoms with E-state index < -0.39 is 41.3 Å². The minimum atomic E-state index is -1.60. The molecule has 0 radical (unpaired) electrons. The highest BCUT2D eigenvalue weighted by Gasteiger charge is 2.55. The normalized spacial score (nSPS) is 19.0. The maximum Gasteiger partial charge on any atom is 0.353 e. The van der Waals surface area contributed by atoms with Gasteiger partial charge in [0, 0.05) is 51.3 Å². The third-order valence-corrected chi connectivity index (χ3v) is 10.6. The molecule has 0 saturated carbocycles. The van der Waals surface area contributed by atoms with Crippen molar-refractivity contribution in [2.24, 2.45) is 16.6 Å². The number of thioether (sulfide) groups is 3. The monoisotopic (exact) mass is 682 g/mol. The maximum absolute atomic E-state index is 13.1. The van der Waals surface area contributed by atoms with Crippen molar-refractivity contribution in [2.45, 2.75) is 47.0 Å². The van der Waals surface area contributed by atoms with Crippen LogP contribution in [0.4, 0.5) is 5.13 Å². The van der Waals surface area contributed by atoms with E-state index in [1.807, 2.05) is 6.07 Å². The number of nitrogens with two attached hydrogens (primary N) is 3. The van der Waals surface area contributed by atoms with E-state index in [2.05, 4.69) is 30.2 Å². The number of carboxylic acids is 1. The Morgan fingerprint density at radius 3 is 2.77 bits per heavy atom. The van der Waals surface area contributed by atoms with Gasteiger partial charge in [-0.2, -0.15) is 16.1 Å². The van der Waals surface area contributed by atoms with Crippen LogP contribution in [0.2, 0.25) is 0 Å². The predicted octanol–water partition coefficient (Wildman–Crippen LogP) is 0.227. The summed E-state index contributed by atoms with van der Waals surface area (Å²) in [5.74, 6) is -1.83. The van der Waals surface area contributed by atoms with Crippen LogP contribution in [0.25, 0.3) is 0 Å². The Kier molecular flexibility index (Phi) is 11.9. The molecule has 3 amide bonds. The zero-order chi connectivity index (χ0) is 31.8. The number of nitroso groups, excluding NO2 is 1. The molecule has 236 valence electrons. The first-order chi connectivity index (χ1) is 21.2. The molecule has 0 aliphatic carbocycles. The summed E-state index contributed by atoms with van der Waals surface area (Å²) in [6, 6.07) is 0.304. The van der Waals surface area contributed by atoms with E-state index in [1.54, 1.807) is 24.0 Å². The molecule has 20 heteroatoms. The molecule has 2 aromatic heterocycles. The van der Waals surface area contributed by atoms with Gasteiger partial charge in [0.05, 0.1) is 11.7 Å². The molecule has 1 fully saturated rings. The molecule has 0 aromatic carbocycles. The molecule has 2 aliphatic heterocycles. The van der Waals surface area contributed by atoms with Gasteiger partial charge in [-0.25, -0.2) is 9.78 Å². The molecular formula is C24H30N10O6S4. The molecule has 0 spiro atoms. The second-order valence-corrected chi connectivity index (χ2v) is 13.5. The van der Waals surface area contributed by atoms with Crippen LogP contribution in [0.1, 0.15) is 30.4 Å². The Balaban J connectivity index is 1.37. The number of carboxylic acid groups (broad SMARTS) is 1. The molecule has 9 N–H and O–H groups in total. The summed E-state index contributed by atoms with van der Waals surface area (Å²) in [7, 11) is 0. The van der Waals surface area contributed by atoms with Crippen LogP contribution in [0, 0.1) is 4.91 Å². The molecule has 4 rings (SSSR count). The van der Waals surface area contributed by atoms with Gasteiger partial charge in [0.15, 0.2) is 11.0 Å². The SMILES string of the molecule is NCCC[C@H](N)C(=O)NCCSCc1ncccc1SC1=C(C(=O)O)N2C(=O)[C@@H](NC(=O)C(N=O)c3nsc(N)n3)[C@@H]2SC1. The number of aliphatic carboxylic acids is 1. The molecule has 1 unspecified atom stereocenters. The van der Waals surface area contributed by atoms with Crippen LogP contribution in [0.15, 0.2) is 39.0 Å². The number of aromatic nitrogens is 3. The van der Waals surface area contributed by atoms with E-state index >= 15 is 0 Å². The zero-order valence-corrected chi connectivity index (χ0v) is 26.3. The largest absolute Gasteiger partial charge is 0.477 e. The fourth-order valence-electron chi connectivity index (χ4n) is 4.24. The van der Waals surface area contributed by atoms with E-state index in [1.165, 1.54) is 23.5 Å². The minimum absolute atomic E-state index is 0.0511. The van der Waals surface area contributed by atoms with E-state index in [9.17, 15) is 29.2 Å². The van der Waals surface area contributed by atoms with Gasteiger partial charge in [-0.3, -0.25) is 24.3 Å². The van der Waals surface area contributed by atoms with Crippen molar-refractivity contribution in [2.75, 3.05) is 30.3 Å². The van der Waals surface area contributed by atoms with Gasteiger partial charge in [-0.1, -0.05) is 11.8 Å². The van der Waals surface area contributed by atoms with Crippen LogP contribution in [0.5, 0.6) is 0 Å². The minimum Gasteiger partial charge on any atom is -0.477 e. The lowest BCUT2D eigenvalue weighted by Gasteiger charge is -2.49. The Morgan fingerprint density at radius 1 is 1.30 bits per heavy atom. The first-order valence-electron chi connectivity index (χ1n) is 13.2. The van der Waals surface area contributed by atoms with Crippen LogP contribution < -0.4 is 27.8 Å². The summed E-state index contributed by atoms with van der Waals surface area (Å²) >= 11 is 4.84. The van der Waals surface area contributed by atoms with Gasteiger partial charge in [0.25, 0.3) is 11.8 Å². The van der Waals surface area contributed by atoms with Crippen LogP contribution in [-0.4, -0.2) is 90.1 Å². The van der Waals surface area contributed by atoms with Gasteiger partial charge < -0.3 is 32.9 Å². The number of amides is 3. The fraction of sp³-hybridized carbons (Fsp3) is 0.458. The fourth-order valence-corrected chi connectivity index (χ4v) is 8.18. The van der Waals surface area contributed by atoms with E-state index in [0.29, 0.717) is 42.3 Å². The highest BCUT2D eigenvalue weighted by atomic mass is 32.2. The van der Waals surface area contributed by atoms with E-state index in [-0.39, 0.29) is 28.3 Å². The lowest BCUT2D eigenvalue weighted by Crippen LogP contribution is -2.70. The molecular weight excluding hydrogens is 653 g/mol. The molecule has 4 heterocycles. The van der Waals surface area contributed by atoms with Crippen molar-refractivity contribution in [1.29, 1.82) is 0 Å². The Morgan fingerprint density at radius 2 is 2.09 bits per heavy atom. The Labute approximate surface area is 268 Å². The standard InChI is InChI=1S/C24H30N10O6S4/c25-5-1-3-11(26)19(35)29-7-8-41-9-12-13(4-2-6-28-12)43-14-10-42-22-16(21(37)34(22)17(14)23(38)39)30-20(36)15(32-40)18-31-24(27)44-33-18/h2,4,6,11,15-16,22H,1,3,5,7-10,25-26H2,(H,29,35)(H,30,36)(H,38,39)(H2,27,31,33)/t11-,15?,16+,22-/m0/s1. The molecule has 2 aromatic rings. The van der Waals surface area contributed by atoms with Gasteiger partial charge in [0.1, 0.15) is 17.1 Å². The number of nitrogen functional groups attached to an aromatic ring is 1. The average Bonchev–Trinajstić information content (AvgIpc) is 3.44. The number of anilines is 1. The number of carbonyl (C=O) groups is 4. The summed E-state index contributed by atoms with van der Waals surface area (Å²) in [6.07, 6.45) is 2.83. The Bertz CT molecular complexity index is 1440. The van der Waals surface area contributed by atoms with Crippen molar-refractivity contribution in [3.05, 3.63) is 45.4 Å². The number of nitrogens with zero attached hydrogens (tertiary/aromatic N) is 5. The third kappa shape index (κ3) is 7.85. The summed E-state index contributed by atoms with van der Waals surface area (Å²) in [4.78, 5) is 72.1. The second kappa shape index (κ2) is 15.6. The zero-order valence-electron chi connectivity index (χ0n) is 23.1. The molecule has 44 heavy (non-hydrogen) atoms. The average molecular weight is 683 g/mol. The molecule has 4 atom stereocenters. The smallest absolute Gasteiger partial charge is 0.353 e. The third-order valence-electron chi connectivity index (χ3n) is 6.41. The van der Waals surface area contributed by atoms with Gasteiger partial charge >= 0.3 is 5.97 Å². The van der Waals surface area contributed by atoms with Crippen LogP contribution in [0.3, 0.4) is 0 Å². The second-order valence-electron chi connectivity index (χ2n) is 9.40. The maximum atomic E-state index is 13.1. The predicted molar refractivity (Wildman–Crippen MR) is 168 cm³/mol. The first-order valence-corrected chi connectivity index (χ1v) is 17.0. The van der Waals surface area contributed by atoms with Crippen molar-refractivity contribution < 1.29 is 24.3 Å². The summed E-state index contributed by atoms with van der Waals surface area (Å²) in [6.45, 7) is 0.899. The lowest BCUT2D eigenvalue weighted by atomic mass is 10.0. The number of nitrogens with one attached hydrogen (secondary N) is 2. The first kappa shape index (κ1) is 33.6. The quantitative estimate of drug-likeness (QED) is 0.0786. The van der Waals surface area contributed by atoms with E-state index in [4.69, 9.17) is 17.2 Å². The lowest BCUT2D eigenvalue weighted by molar-refractivity contribution is -0.150. The number of pyridine rings is 1. The summed E-state index contributed by atoms with van der Waals surface area (Å²) in [5, 5.41) is 17.5. The number of rotatable bonds is 16. The number of fused-ring (bicyclic) bond motifs is 1. The van der Waals surface area contributed by atoms with E-state index in [0.717, 1.165) is 27.0 Å². The number of hydrogen-bond donors (Lipinski definition) is 6.